The summed E-state index contributed by atoms with van der Waals surface area (Å²) in [4.78, 5) is 11.1. The molecule has 2 aromatic rings. The van der Waals surface area contributed by atoms with Crippen molar-refractivity contribution in [2.45, 2.75) is 20.4 Å². The average Bonchev–Trinajstić information content (AvgIpc) is 2.76. The topological polar surface area (TPSA) is 48.0 Å². The highest BCUT2D eigenvalue weighted by molar-refractivity contribution is 5.93. The highest BCUT2D eigenvalue weighted by atomic mass is 16.5. The second-order valence-corrected chi connectivity index (χ2v) is 3.56. The van der Waals surface area contributed by atoms with Crippen LogP contribution in [0.1, 0.15) is 28.7 Å². The van der Waals surface area contributed by atoms with Crippen molar-refractivity contribution >= 4 is 5.78 Å². The molecule has 0 spiro atoms. The summed E-state index contributed by atoms with van der Waals surface area (Å²) in [5.74, 6) is 0.869. The van der Waals surface area contributed by atoms with Crippen molar-refractivity contribution in [3.8, 4) is 0 Å². The van der Waals surface area contributed by atoms with Crippen molar-refractivity contribution in [2.24, 2.45) is 0 Å². The maximum atomic E-state index is 11.1. The Morgan fingerprint density at radius 3 is 2.93 bits per heavy atom. The van der Waals surface area contributed by atoms with E-state index in [1.165, 1.54) is 0 Å². The number of Topliss-reactive ketones (excluding diaryl/α,β-unsaturated/α-hetero) is 1. The Labute approximate surface area is 87.5 Å². The molecule has 0 amide bonds. The molecule has 0 unspecified atom stereocenters. The smallest absolute Gasteiger partial charge is 0.161 e. The van der Waals surface area contributed by atoms with Gasteiger partial charge in [0.05, 0.1) is 6.54 Å². The fraction of sp³-hybridized carbons (Fsp3) is 0.273. The zero-order valence-electron chi connectivity index (χ0n) is 8.73. The van der Waals surface area contributed by atoms with Gasteiger partial charge in [0.2, 0.25) is 0 Å². The van der Waals surface area contributed by atoms with Crippen LogP contribution in [0.2, 0.25) is 0 Å². The normalized spacial score (nSPS) is 10.5. The minimum atomic E-state index is 0.0742. The molecule has 0 radical (unpaired) electrons. The lowest BCUT2D eigenvalue weighted by atomic mass is 10.2. The number of aromatic nitrogens is 2. The molecule has 0 saturated heterocycles. The van der Waals surface area contributed by atoms with Crippen LogP contribution in [-0.2, 0) is 6.54 Å². The predicted molar refractivity (Wildman–Crippen MR) is 54.8 cm³/mol. The molecule has 4 nitrogen and oxygen atoms in total. The van der Waals surface area contributed by atoms with Gasteiger partial charge in [-0.2, -0.15) is 0 Å². The molecule has 0 atom stereocenters. The molecular weight excluding hydrogens is 192 g/mol. The Hall–Kier alpha value is -1.84. The van der Waals surface area contributed by atoms with Crippen molar-refractivity contribution < 1.29 is 9.32 Å². The Kier molecular flexibility index (Phi) is 2.41. The van der Waals surface area contributed by atoms with E-state index >= 15 is 0 Å². The minimum Gasteiger partial charge on any atom is -0.361 e. The summed E-state index contributed by atoms with van der Waals surface area (Å²) >= 11 is 0. The number of rotatable bonds is 3. The summed E-state index contributed by atoms with van der Waals surface area (Å²) in [6, 6.07) is 3.68. The summed E-state index contributed by atoms with van der Waals surface area (Å²) < 4.78 is 6.87. The van der Waals surface area contributed by atoms with E-state index < -0.39 is 0 Å². The first-order valence-electron chi connectivity index (χ1n) is 4.74. The van der Waals surface area contributed by atoms with Gasteiger partial charge in [-0.15, -0.1) is 0 Å². The second-order valence-electron chi connectivity index (χ2n) is 3.56. The molecule has 2 heterocycles. The largest absolute Gasteiger partial charge is 0.361 e. The summed E-state index contributed by atoms with van der Waals surface area (Å²) in [5.41, 5.74) is 1.58. The Morgan fingerprint density at radius 1 is 1.60 bits per heavy atom. The van der Waals surface area contributed by atoms with Gasteiger partial charge in [-0.05, 0) is 19.9 Å². The second kappa shape index (κ2) is 3.73. The Bertz CT molecular complexity index is 482. The molecule has 0 bridgehead atoms. The molecule has 0 aliphatic rings. The third-order valence-corrected chi connectivity index (χ3v) is 2.18. The SMILES string of the molecule is CC(=O)c1ccn(Cc2cc(C)on2)c1. The predicted octanol–water partition coefficient (Wildman–Crippen LogP) is 2.04. The first-order valence-corrected chi connectivity index (χ1v) is 4.74. The molecule has 0 aliphatic heterocycles. The lowest BCUT2D eigenvalue weighted by Gasteiger charge is -1.96. The number of carbonyl (C=O) groups is 1. The summed E-state index contributed by atoms with van der Waals surface area (Å²) in [6.45, 7) is 4.04. The number of nitrogens with zero attached hydrogens (tertiary/aromatic N) is 2. The monoisotopic (exact) mass is 204 g/mol. The third-order valence-electron chi connectivity index (χ3n) is 2.18. The molecule has 0 saturated carbocycles. The summed E-state index contributed by atoms with van der Waals surface area (Å²) in [7, 11) is 0. The van der Waals surface area contributed by atoms with Crippen LogP contribution < -0.4 is 0 Å². The zero-order valence-corrected chi connectivity index (χ0v) is 8.73. The minimum absolute atomic E-state index is 0.0742. The van der Waals surface area contributed by atoms with Gasteiger partial charge in [-0.3, -0.25) is 4.79 Å². The first-order chi connectivity index (χ1) is 7.15. The van der Waals surface area contributed by atoms with E-state index in [1.54, 1.807) is 13.0 Å². The molecule has 0 aromatic carbocycles. The third kappa shape index (κ3) is 2.15. The van der Waals surface area contributed by atoms with Crippen LogP contribution in [-0.4, -0.2) is 15.5 Å². The van der Waals surface area contributed by atoms with Crippen LogP contribution in [0.25, 0.3) is 0 Å². The van der Waals surface area contributed by atoms with Gasteiger partial charge >= 0.3 is 0 Å². The van der Waals surface area contributed by atoms with Crippen LogP contribution in [0.15, 0.2) is 29.0 Å². The first kappa shape index (κ1) is 9.71. The molecule has 2 aromatic heterocycles. The fourth-order valence-corrected chi connectivity index (χ4v) is 1.43. The number of aryl methyl sites for hydroxylation is 1. The van der Waals surface area contributed by atoms with E-state index in [2.05, 4.69) is 5.16 Å². The van der Waals surface area contributed by atoms with Crippen LogP contribution in [0.3, 0.4) is 0 Å². The van der Waals surface area contributed by atoms with Crippen molar-refractivity contribution in [3.63, 3.8) is 0 Å². The summed E-state index contributed by atoms with van der Waals surface area (Å²) in [5, 5.41) is 3.88. The molecule has 0 fully saturated rings. The van der Waals surface area contributed by atoms with E-state index in [9.17, 15) is 4.79 Å². The number of ketones is 1. The molecule has 0 N–H and O–H groups in total. The van der Waals surface area contributed by atoms with Crippen molar-refractivity contribution in [2.75, 3.05) is 0 Å². The van der Waals surface area contributed by atoms with Gasteiger partial charge in [0, 0.05) is 24.0 Å². The number of carbonyl (C=O) groups excluding carboxylic acids is 1. The lowest BCUT2D eigenvalue weighted by molar-refractivity contribution is 0.101. The standard InChI is InChI=1S/C11H12N2O2/c1-8-5-11(12-15-8)7-13-4-3-10(6-13)9(2)14/h3-6H,7H2,1-2H3. The van der Waals surface area contributed by atoms with E-state index in [4.69, 9.17) is 4.52 Å². The average molecular weight is 204 g/mol. The fourth-order valence-electron chi connectivity index (χ4n) is 1.43. The van der Waals surface area contributed by atoms with Gasteiger partial charge in [-0.25, -0.2) is 0 Å². The molecule has 4 heteroatoms. The van der Waals surface area contributed by atoms with Crippen molar-refractivity contribution in [1.29, 1.82) is 0 Å². The molecule has 2 rings (SSSR count). The maximum absolute atomic E-state index is 11.1. The molecule has 78 valence electrons. The highest BCUT2D eigenvalue weighted by Gasteiger charge is 2.04. The quantitative estimate of drug-likeness (QED) is 0.719. The van der Waals surface area contributed by atoms with Crippen LogP contribution >= 0.6 is 0 Å². The highest BCUT2D eigenvalue weighted by Crippen LogP contribution is 2.07. The van der Waals surface area contributed by atoms with Gasteiger partial charge in [-0.1, -0.05) is 5.16 Å². The van der Waals surface area contributed by atoms with Gasteiger partial charge < -0.3 is 9.09 Å². The number of hydrogen-bond acceptors (Lipinski definition) is 3. The Morgan fingerprint density at radius 2 is 2.40 bits per heavy atom. The number of hydrogen-bond donors (Lipinski definition) is 0. The van der Waals surface area contributed by atoms with E-state index in [-0.39, 0.29) is 5.78 Å². The van der Waals surface area contributed by atoms with Crippen LogP contribution in [0, 0.1) is 6.92 Å². The zero-order chi connectivity index (χ0) is 10.8. The van der Waals surface area contributed by atoms with Gasteiger partial charge in [0.15, 0.2) is 5.78 Å². The van der Waals surface area contributed by atoms with Gasteiger partial charge in [0.1, 0.15) is 11.5 Å². The molecular formula is C11H12N2O2. The van der Waals surface area contributed by atoms with Crippen LogP contribution in [0.5, 0.6) is 0 Å². The van der Waals surface area contributed by atoms with Gasteiger partial charge in [0.25, 0.3) is 0 Å². The van der Waals surface area contributed by atoms with E-state index in [1.807, 2.05) is 30.0 Å². The lowest BCUT2D eigenvalue weighted by Crippen LogP contribution is -1.97. The van der Waals surface area contributed by atoms with Crippen molar-refractivity contribution in [1.82, 2.24) is 9.72 Å². The van der Waals surface area contributed by atoms with Crippen molar-refractivity contribution in [3.05, 3.63) is 41.5 Å². The van der Waals surface area contributed by atoms with E-state index in [0.29, 0.717) is 6.54 Å². The molecule has 15 heavy (non-hydrogen) atoms. The summed E-state index contributed by atoms with van der Waals surface area (Å²) in [6.07, 6.45) is 3.67. The maximum Gasteiger partial charge on any atom is 0.161 e. The van der Waals surface area contributed by atoms with E-state index in [0.717, 1.165) is 17.0 Å². The molecule has 0 aliphatic carbocycles. The van der Waals surface area contributed by atoms with Crippen LogP contribution in [0.4, 0.5) is 0 Å². The Balaban J connectivity index is 2.14.